The van der Waals surface area contributed by atoms with E-state index in [0.29, 0.717) is 24.7 Å². The molecule has 22 heavy (non-hydrogen) atoms. The van der Waals surface area contributed by atoms with Crippen LogP contribution >= 0.6 is 11.6 Å². The van der Waals surface area contributed by atoms with Crippen LogP contribution in [0.15, 0.2) is 24.5 Å². The van der Waals surface area contributed by atoms with Gasteiger partial charge in [-0.2, -0.15) is 0 Å². The summed E-state index contributed by atoms with van der Waals surface area (Å²) < 4.78 is 24.6. The maximum absolute atomic E-state index is 11.5. The third-order valence-corrected chi connectivity index (χ3v) is 5.38. The Kier molecular flexibility index (Phi) is 4.20. The number of hydrogen-bond acceptors (Lipinski definition) is 5. The van der Waals surface area contributed by atoms with E-state index in [0.717, 1.165) is 23.1 Å². The molecule has 1 aliphatic rings. The molecule has 1 fully saturated rings. The van der Waals surface area contributed by atoms with E-state index in [2.05, 4.69) is 15.3 Å². The zero-order valence-corrected chi connectivity index (χ0v) is 13.7. The molecule has 1 atom stereocenters. The Hall–Kier alpha value is -1.44. The molecule has 1 aromatic carbocycles. The van der Waals surface area contributed by atoms with E-state index in [1.165, 1.54) is 16.9 Å². The molecule has 0 aliphatic carbocycles. The van der Waals surface area contributed by atoms with Crippen LogP contribution in [0.4, 0.5) is 5.82 Å². The van der Waals surface area contributed by atoms with Gasteiger partial charge in [0.25, 0.3) is 0 Å². The molecule has 0 bridgehead atoms. The minimum absolute atomic E-state index is 0.284. The van der Waals surface area contributed by atoms with E-state index in [-0.39, 0.29) is 5.92 Å². The van der Waals surface area contributed by atoms with Crippen LogP contribution in [0.1, 0.15) is 6.42 Å². The number of fused-ring (bicyclic) bond motifs is 1. The number of sulfonamides is 1. The van der Waals surface area contributed by atoms with Gasteiger partial charge in [-0.15, -0.1) is 0 Å². The van der Waals surface area contributed by atoms with Gasteiger partial charge in [-0.05, 0) is 30.5 Å². The third kappa shape index (κ3) is 3.31. The largest absolute Gasteiger partial charge is 0.369 e. The maximum atomic E-state index is 11.5. The van der Waals surface area contributed by atoms with Crippen LogP contribution in [0.25, 0.3) is 10.9 Å². The predicted octanol–water partition coefficient (Wildman–Crippen LogP) is 1.98. The highest BCUT2D eigenvalue weighted by Gasteiger charge is 2.28. The topological polar surface area (TPSA) is 75.2 Å². The lowest BCUT2D eigenvalue weighted by Gasteiger charge is -2.14. The summed E-state index contributed by atoms with van der Waals surface area (Å²) in [6, 6.07) is 5.49. The SMILES string of the molecule is CS(=O)(=O)N1CCC(CNc2ncnc3cc(Cl)ccc23)C1. The Balaban J connectivity index is 1.70. The summed E-state index contributed by atoms with van der Waals surface area (Å²) in [5, 5.41) is 4.85. The van der Waals surface area contributed by atoms with Crippen molar-refractivity contribution in [2.24, 2.45) is 5.92 Å². The summed E-state index contributed by atoms with van der Waals surface area (Å²) in [6.07, 6.45) is 3.61. The number of benzene rings is 1. The zero-order valence-electron chi connectivity index (χ0n) is 12.2. The molecule has 8 heteroatoms. The molecule has 1 N–H and O–H groups in total. The highest BCUT2D eigenvalue weighted by Crippen LogP contribution is 2.24. The monoisotopic (exact) mass is 340 g/mol. The lowest BCUT2D eigenvalue weighted by Crippen LogP contribution is -2.28. The Morgan fingerprint density at radius 1 is 1.41 bits per heavy atom. The van der Waals surface area contributed by atoms with E-state index >= 15 is 0 Å². The molecule has 1 aliphatic heterocycles. The number of hydrogen-bond donors (Lipinski definition) is 1. The number of halogens is 1. The first-order valence-corrected chi connectivity index (χ1v) is 9.25. The molecular weight excluding hydrogens is 324 g/mol. The van der Waals surface area contributed by atoms with Gasteiger partial charge in [0, 0.05) is 30.0 Å². The van der Waals surface area contributed by atoms with Crippen molar-refractivity contribution in [3.05, 3.63) is 29.5 Å². The van der Waals surface area contributed by atoms with Crippen LogP contribution in [0.2, 0.25) is 5.02 Å². The van der Waals surface area contributed by atoms with Gasteiger partial charge in [0.05, 0.1) is 11.8 Å². The average molecular weight is 341 g/mol. The number of nitrogens with zero attached hydrogens (tertiary/aromatic N) is 3. The van der Waals surface area contributed by atoms with Crippen molar-refractivity contribution in [1.82, 2.24) is 14.3 Å². The van der Waals surface area contributed by atoms with E-state index in [9.17, 15) is 8.42 Å². The minimum Gasteiger partial charge on any atom is -0.369 e. The number of aromatic nitrogens is 2. The second-order valence-corrected chi connectivity index (χ2v) is 7.96. The summed E-state index contributed by atoms with van der Waals surface area (Å²) in [6.45, 7) is 1.83. The molecular formula is C14H17ClN4O2S. The summed E-state index contributed by atoms with van der Waals surface area (Å²) in [7, 11) is -3.09. The highest BCUT2D eigenvalue weighted by atomic mass is 35.5. The lowest BCUT2D eigenvalue weighted by molar-refractivity contribution is 0.466. The lowest BCUT2D eigenvalue weighted by atomic mass is 10.1. The van der Waals surface area contributed by atoms with Crippen molar-refractivity contribution in [2.75, 3.05) is 31.2 Å². The molecule has 0 amide bonds. The van der Waals surface area contributed by atoms with Crippen molar-refractivity contribution >= 4 is 38.3 Å². The second-order valence-electron chi connectivity index (χ2n) is 5.54. The molecule has 1 aromatic heterocycles. The number of nitrogens with one attached hydrogen (secondary N) is 1. The molecule has 0 saturated carbocycles. The van der Waals surface area contributed by atoms with Gasteiger partial charge in [-0.3, -0.25) is 0 Å². The average Bonchev–Trinajstić information content (AvgIpc) is 2.93. The molecule has 2 aromatic rings. The quantitative estimate of drug-likeness (QED) is 0.921. The Labute approximate surface area is 134 Å². The summed E-state index contributed by atoms with van der Waals surface area (Å²) in [5.74, 6) is 1.03. The summed E-state index contributed by atoms with van der Waals surface area (Å²) in [4.78, 5) is 8.47. The van der Waals surface area contributed by atoms with Crippen LogP contribution in [0, 0.1) is 5.92 Å². The fourth-order valence-corrected chi connectivity index (χ4v) is 3.76. The van der Waals surface area contributed by atoms with E-state index < -0.39 is 10.0 Å². The molecule has 1 unspecified atom stereocenters. The molecule has 0 radical (unpaired) electrons. The first-order chi connectivity index (χ1) is 10.4. The smallest absolute Gasteiger partial charge is 0.211 e. The Bertz CT molecular complexity index is 797. The van der Waals surface area contributed by atoms with Crippen LogP contribution < -0.4 is 5.32 Å². The summed E-state index contributed by atoms with van der Waals surface area (Å²) in [5.41, 5.74) is 0.786. The first-order valence-electron chi connectivity index (χ1n) is 7.03. The molecule has 118 valence electrons. The van der Waals surface area contributed by atoms with Crippen LogP contribution in [-0.2, 0) is 10.0 Å². The van der Waals surface area contributed by atoms with Crippen molar-refractivity contribution in [3.63, 3.8) is 0 Å². The van der Waals surface area contributed by atoms with Gasteiger partial charge in [0.2, 0.25) is 10.0 Å². The third-order valence-electron chi connectivity index (χ3n) is 3.87. The molecule has 3 rings (SSSR count). The van der Waals surface area contributed by atoms with Gasteiger partial charge in [0.15, 0.2) is 0 Å². The van der Waals surface area contributed by atoms with Crippen molar-refractivity contribution in [3.8, 4) is 0 Å². The normalized spacial score (nSPS) is 19.6. The van der Waals surface area contributed by atoms with Gasteiger partial charge < -0.3 is 5.32 Å². The van der Waals surface area contributed by atoms with Crippen LogP contribution in [0.5, 0.6) is 0 Å². The molecule has 2 heterocycles. The molecule has 0 spiro atoms. The van der Waals surface area contributed by atoms with Crippen LogP contribution in [0.3, 0.4) is 0 Å². The van der Waals surface area contributed by atoms with Gasteiger partial charge in [-0.1, -0.05) is 11.6 Å². The van der Waals surface area contributed by atoms with E-state index in [1.54, 1.807) is 12.1 Å². The van der Waals surface area contributed by atoms with Gasteiger partial charge in [0.1, 0.15) is 12.1 Å². The molecule has 6 nitrogen and oxygen atoms in total. The maximum Gasteiger partial charge on any atom is 0.211 e. The predicted molar refractivity (Wildman–Crippen MR) is 87.6 cm³/mol. The van der Waals surface area contributed by atoms with Crippen molar-refractivity contribution < 1.29 is 8.42 Å². The fraction of sp³-hybridized carbons (Fsp3) is 0.429. The summed E-state index contributed by atoms with van der Waals surface area (Å²) >= 11 is 5.97. The minimum atomic E-state index is -3.09. The Morgan fingerprint density at radius 3 is 2.95 bits per heavy atom. The highest BCUT2D eigenvalue weighted by molar-refractivity contribution is 7.88. The van der Waals surface area contributed by atoms with Gasteiger partial charge in [-0.25, -0.2) is 22.7 Å². The number of anilines is 1. The second kappa shape index (κ2) is 5.98. The van der Waals surface area contributed by atoms with E-state index in [1.807, 2.05) is 6.07 Å². The Morgan fingerprint density at radius 2 is 2.23 bits per heavy atom. The molecule has 1 saturated heterocycles. The first kappa shape index (κ1) is 15.5. The van der Waals surface area contributed by atoms with Crippen LogP contribution in [-0.4, -0.2) is 48.6 Å². The van der Waals surface area contributed by atoms with E-state index in [4.69, 9.17) is 11.6 Å². The zero-order chi connectivity index (χ0) is 15.7. The van der Waals surface area contributed by atoms with Crippen molar-refractivity contribution in [1.29, 1.82) is 0 Å². The fourth-order valence-electron chi connectivity index (χ4n) is 2.68. The number of rotatable bonds is 4. The van der Waals surface area contributed by atoms with Crippen molar-refractivity contribution in [2.45, 2.75) is 6.42 Å². The van der Waals surface area contributed by atoms with Gasteiger partial charge >= 0.3 is 0 Å². The standard InChI is InChI=1S/C14H17ClN4O2S/c1-22(20,21)19-5-4-10(8-19)7-16-14-12-3-2-11(15)6-13(12)17-9-18-14/h2-3,6,9-10H,4-5,7-8H2,1H3,(H,16,17,18).